The van der Waals surface area contributed by atoms with Crippen molar-refractivity contribution in [3.05, 3.63) is 28.8 Å². The van der Waals surface area contributed by atoms with Gasteiger partial charge in [0.1, 0.15) is 5.75 Å². The molecule has 1 aromatic rings. The van der Waals surface area contributed by atoms with Crippen molar-refractivity contribution in [1.82, 2.24) is 9.80 Å². The molecule has 1 amide bonds. The van der Waals surface area contributed by atoms with Gasteiger partial charge in [-0.3, -0.25) is 9.69 Å². The quantitative estimate of drug-likeness (QED) is 0.869. The van der Waals surface area contributed by atoms with Crippen LogP contribution >= 0.6 is 11.6 Å². The van der Waals surface area contributed by atoms with Crippen molar-refractivity contribution in [1.29, 1.82) is 0 Å². The monoisotopic (exact) mass is 324 g/mol. The molecule has 5 nitrogen and oxygen atoms in total. The van der Waals surface area contributed by atoms with Crippen LogP contribution in [-0.4, -0.2) is 64.2 Å². The molecule has 0 aliphatic carbocycles. The third-order valence-corrected chi connectivity index (χ3v) is 4.90. The average Bonchev–Trinajstić information content (AvgIpc) is 2.92. The number of phenols is 1. The molecule has 6 heteroatoms. The predicted molar refractivity (Wildman–Crippen MR) is 84.2 cm³/mol. The number of carbonyl (C=O) groups excluding carboxylic acids is 1. The molecule has 22 heavy (non-hydrogen) atoms. The van der Waals surface area contributed by atoms with Gasteiger partial charge in [-0.15, -0.1) is 0 Å². The number of phenolic OH excluding ortho intramolecular Hbond substituents is 1. The smallest absolute Gasteiger partial charge is 0.254 e. The standard InChI is InChI=1S/C16H21ClN2O3/c17-12-8-11(4-5-14(12)20)16(22)19-9-13(15(21)10-19)18-6-2-1-3-7-18/h4-5,8,13,15,20-21H,1-3,6-7,9-10H2. The Balaban J connectivity index is 1.70. The van der Waals surface area contributed by atoms with Crippen LogP contribution in [0.15, 0.2) is 18.2 Å². The minimum absolute atomic E-state index is 0.0248. The Morgan fingerprint density at radius 3 is 2.59 bits per heavy atom. The Labute approximate surface area is 135 Å². The zero-order valence-electron chi connectivity index (χ0n) is 12.4. The summed E-state index contributed by atoms with van der Waals surface area (Å²) in [5.74, 6) is -0.189. The van der Waals surface area contributed by atoms with E-state index in [0.29, 0.717) is 18.7 Å². The van der Waals surface area contributed by atoms with E-state index in [0.717, 1.165) is 25.9 Å². The maximum Gasteiger partial charge on any atom is 0.254 e. The number of rotatable bonds is 2. The van der Waals surface area contributed by atoms with E-state index in [2.05, 4.69) is 4.90 Å². The van der Waals surface area contributed by atoms with Gasteiger partial charge < -0.3 is 15.1 Å². The van der Waals surface area contributed by atoms with Crippen molar-refractivity contribution in [2.45, 2.75) is 31.4 Å². The lowest BCUT2D eigenvalue weighted by Crippen LogP contribution is -2.46. The molecular weight excluding hydrogens is 304 g/mol. The molecule has 2 unspecified atom stereocenters. The normalized spacial score (nSPS) is 26.4. The van der Waals surface area contributed by atoms with Gasteiger partial charge in [-0.25, -0.2) is 0 Å². The van der Waals surface area contributed by atoms with E-state index in [1.54, 1.807) is 11.0 Å². The van der Waals surface area contributed by atoms with E-state index in [9.17, 15) is 15.0 Å². The number of amides is 1. The summed E-state index contributed by atoms with van der Waals surface area (Å²) in [6.45, 7) is 2.88. The number of aliphatic hydroxyl groups is 1. The number of nitrogens with zero attached hydrogens (tertiary/aromatic N) is 2. The van der Waals surface area contributed by atoms with Crippen LogP contribution in [0.1, 0.15) is 29.6 Å². The first kappa shape index (κ1) is 15.6. The molecule has 1 aromatic carbocycles. The zero-order chi connectivity index (χ0) is 15.7. The molecule has 2 atom stereocenters. The van der Waals surface area contributed by atoms with Crippen LogP contribution in [-0.2, 0) is 0 Å². The summed E-state index contributed by atoms with van der Waals surface area (Å²) in [4.78, 5) is 16.5. The lowest BCUT2D eigenvalue weighted by Gasteiger charge is -2.33. The van der Waals surface area contributed by atoms with Crippen molar-refractivity contribution >= 4 is 17.5 Å². The number of piperidine rings is 1. The second-order valence-corrected chi connectivity index (χ2v) is 6.51. The fourth-order valence-electron chi connectivity index (χ4n) is 3.37. The molecule has 2 fully saturated rings. The molecule has 3 rings (SSSR count). The summed E-state index contributed by atoms with van der Waals surface area (Å²) in [5, 5.41) is 19.9. The molecule has 0 radical (unpaired) electrons. The van der Waals surface area contributed by atoms with Gasteiger partial charge in [0.25, 0.3) is 5.91 Å². The first-order chi connectivity index (χ1) is 10.6. The van der Waals surface area contributed by atoms with Crippen molar-refractivity contribution in [2.75, 3.05) is 26.2 Å². The number of β-amino-alcohol motifs (C(OH)–C–C–N with tert-alkyl or cyclic N) is 1. The third-order valence-electron chi connectivity index (χ3n) is 4.60. The predicted octanol–water partition coefficient (Wildman–Crippen LogP) is 1.72. The fourth-order valence-corrected chi connectivity index (χ4v) is 3.55. The van der Waals surface area contributed by atoms with E-state index in [1.165, 1.54) is 18.6 Å². The summed E-state index contributed by atoms with van der Waals surface area (Å²) in [5.41, 5.74) is 0.439. The van der Waals surface area contributed by atoms with Crippen molar-refractivity contribution in [2.24, 2.45) is 0 Å². The summed E-state index contributed by atoms with van der Waals surface area (Å²) in [6, 6.07) is 4.48. The minimum atomic E-state index is -0.505. The number of likely N-dealkylation sites (tertiary alicyclic amines) is 2. The van der Waals surface area contributed by atoms with E-state index >= 15 is 0 Å². The number of hydrogen-bond acceptors (Lipinski definition) is 4. The van der Waals surface area contributed by atoms with E-state index in [1.807, 2.05) is 0 Å². The van der Waals surface area contributed by atoms with Gasteiger partial charge in [-0.2, -0.15) is 0 Å². The zero-order valence-corrected chi connectivity index (χ0v) is 13.2. The van der Waals surface area contributed by atoms with Gasteiger partial charge in [0.05, 0.1) is 17.2 Å². The lowest BCUT2D eigenvalue weighted by molar-refractivity contribution is 0.0702. The highest BCUT2D eigenvalue weighted by Crippen LogP contribution is 2.26. The number of hydrogen-bond donors (Lipinski definition) is 2. The maximum absolute atomic E-state index is 12.5. The Kier molecular flexibility index (Phi) is 4.57. The van der Waals surface area contributed by atoms with Crippen LogP contribution in [0.3, 0.4) is 0 Å². The Morgan fingerprint density at radius 1 is 1.18 bits per heavy atom. The molecule has 0 aromatic heterocycles. The first-order valence-corrected chi connectivity index (χ1v) is 8.14. The van der Waals surface area contributed by atoms with Gasteiger partial charge in [-0.1, -0.05) is 18.0 Å². The summed E-state index contributed by atoms with van der Waals surface area (Å²) >= 11 is 5.87. The van der Waals surface area contributed by atoms with Crippen LogP contribution in [0.5, 0.6) is 5.75 Å². The SMILES string of the molecule is O=C(c1ccc(O)c(Cl)c1)N1CC(O)C(N2CCCCC2)C1. The number of halogens is 1. The number of benzene rings is 1. The topological polar surface area (TPSA) is 64.0 Å². The Bertz CT molecular complexity index is 560. The van der Waals surface area contributed by atoms with Gasteiger partial charge in [-0.05, 0) is 44.1 Å². The van der Waals surface area contributed by atoms with E-state index in [-0.39, 0.29) is 22.7 Å². The molecule has 0 spiro atoms. The molecule has 2 saturated heterocycles. The second-order valence-electron chi connectivity index (χ2n) is 6.11. The molecule has 0 saturated carbocycles. The summed E-state index contributed by atoms with van der Waals surface area (Å²) in [6.07, 6.45) is 3.05. The fraction of sp³-hybridized carbons (Fsp3) is 0.562. The van der Waals surface area contributed by atoms with E-state index < -0.39 is 6.10 Å². The number of aromatic hydroxyl groups is 1. The van der Waals surface area contributed by atoms with Crippen molar-refractivity contribution in [3.8, 4) is 5.75 Å². The molecule has 2 heterocycles. The van der Waals surface area contributed by atoms with E-state index in [4.69, 9.17) is 11.6 Å². The lowest BCUT2D eigenvalue weighted by atomic mass is 10.1. The van der Waals surface area contributed by atoms with Gasteiger partial charge >= 0.3 is 0 Å². The highest BCUT2D eigenvalue weighted by Gasteiger charge is 2.38. The van der Waals surface area contributed by atoms with Crippen LogP contribution in [0.4, 0.5) is 0 Å². The van der Waals surface area contributed by atoms with Crippen molar-refractivity contribution in [3.63, 3.8) is 0 Å². The maximum atomic E-state index is 12.5. The molecule has 120 valence electrons. The molecule has 2 aliphatic rings. The van der Waals surface area contributed by atoms with Gasteiger partial charge in [0.2, 0.25) is 0 Å². The highest BCUT2D eigenvalue weighted by molar-refractivity contribution is 6.32. The molecule has 0 bridgehead atoms. The first-order valence-electron chi connectivity index (χ1n) is 7.76. The van der Waals surface area contributed by atoms with Gasteiger partial charge in [0.15, 0.2) is 0 Å². The summed E-state index contributed by atoms with van der Waals surface area (Å²) in [7, 11) is 0. The largest absolute Gasteiger partial charge is 0.506 e. The Hall–Kier alpha value is -1.30. The second kappa shape index (κ2) is 6.44. The number of carbonyl (C=O) groups is 1. The van der Waals surface area contributed by atoms with Crippen LogP contribution in [0, 0.1) is 0 Å². The molecular formula is C16H21ClN2O3. The number of aliphatic hydroxyl groups excluding tert-OH is 1. The molecule has 2 aliphatic heterocycles. The van der Waals surface area contributed by atoms with Crippen LogP contribution in [0.2, 0.25) is 5.02 Å². The van der Waals surface area contributed by atoms with Gasteiger partial charge in [0, 0.05) is 18.7 Å². The van der Waals surface area contributed by atoms with Crippen LogP contribution < -0.4 is 0 Å². The average molecular weight is 325 g/mol. The summed E-state index contributed by atoms with van der Waals surface area (Å²) < 4.78 is 0. The third kappa shape index (κ3) is 3.07. The Morgan fingerprint density at radius 2 is 1.91 bits per heavy atom. The highest BCUT2D eigenvalue weighted by atomic mass is 35.5. The van der Waals surface area contributed by atoms with Crippen LogP contribution in [0.25, 0.3) is 0 Å². The minimum Gasteiger partial charge on any atom is -0.506 e. The molecule has 2 N–H and O–H groups in total. The van der Waals surface area contributed by atoms with Crippen molar-refractivity contribution < 1.29 is 15.0 Å².